The van der Waals surface area contributed by atoms with Gasteiger partial charge in [0.15, 0.2) is 0 Å². The predicted molar refractivity (Wildman–Crippen MR) is 90.0 cm³/mol. The van der Waals surface area contributed by atoms with Gasteiger partial charge in [-0.25, -0.2) is 0 Å². The zero-order chi connectivity index (χ0) is 14.7. The normalized spacial score (nSPS) is 11.2. The van der Waals surface area contributed by atoms with Crippen LogP contribution in [0, 0.1) is 0 Å². The second-order valence-corrected chi connectivity index (χ2v) is 6.07. The molecule has 1 rings (SSSR count). The molecule has 1 nitrogen and oxygen atoms in total. The lowest BCUT2D eigenvalue weighted by Crippen LogP contribution is -3.00. The van der Waals surface area contributed by atoms with Crippen LogP contribution in [0.3, 0.4) is 0 Å². The number of nitrogens with zero attached hydrogens (tertiary/aromatic N) is 1. The summed E-state index contributed by atoms with van der Waals surface area (Å²) in [6.45, 7) is 12.3. The zero-order valence-corrected chi connectivity index (χ0v) is 15.9. The minimum absolute atomic E-state index is 0. The van der Waals surface area contributed by atoms with Crippen molar-refractivity contribution in [3.8, 4) is 0 Å². The Kier molecular flexibility index (Phi) is 12.0. The molecule has 0 heterocycles. The number of quaternary nitrogens is 1. The van der Waals surface area contributed by atoms with Crippen molar-refractivity contribution in [2.24, 2.45) is 0 Å². The number of unbranched alkanes of at least 4 members (excludes halogenated alkanes) is 3. The Labute approximate surface area is 143 Å². The number of aryl methyl sites for hydroxylation is 1. The second-order valence-electron chi connectivity index (χ2n) is 6.07. The van der Waals surface area contributed by atoms with Crippen LogP contribution in [-0.2, 0) is 6.42 Å². The van der Waals surface area contributed by atoms with Gasteiger partial charge in [-0.3, -0.25) is 0 Å². The Balaban J connectivity index is 0.00000400. The van der Waals surface area contributed by atoms with E-state index >= 15 is 0 Å². The van der Waals surface area contributed by atoms with Gasteiger partial charge in [0.1, 0.15) is 0 Å². The van der Waals surface area contributed by atoms with Crippen LogP contribution in [-0.4, -0.2) is 30.7 Å². The summed E-state index contributed by atoms with van der Waals surface area (Å²) in [5.74, 6) is 0. The van der Waals surface area contributed by atoms with Gasteiger partial charge in [0, 0.05) is 6.42 Å². The summed E-state index contributed by atoms with van der Waals surface area (Å²) in [7, 11) is 0. The SMILES string of the molecule is CCCCCC[N+](CC)(CC)CCCc1ccccc1.[Br-]. The summed E-state index contributed by atoms with van der Waals surface area (Å²) in [5.41, 5.74) is 1.49. The number of halogens is 1. The minimum Gasteiger partial charge on any atom is -1.00 e. The lowest BCUT2D eigenvalue weighted by molar-refractivity contribution is -0.925. The maximum Gasteiger partial charge on any atom is 0.0789 e. The summed E-state index contributed by atoms with van der Waals surface area (Å²) >= 11 is 0. The molecule has 0 fully saturated rings. The third-order valence-corrected chi connectivity index (χ3v) is 4.77. The van der Waals surface area contributed by atoms with E-state index in [2.05, 4.69) is 51.1 Å². The van der Waals surface area contributed by atoms with E-state index in [1.165, 1.54) is 74.8 Å². The summed E-state index contributed by atoms with van der Waals surface area (Å²) in [4.78, 5) is 0. The number of hydrogen-bond acceptors (Lipinski definition) is 0. The molecule has 1 aromatic carbocycles. The molecule has 0 N–H and O–H groups in total. The van der Waals surface area contributed by atoms with Crippen molar-refractivity contribution in [2.45, 2.75) is 59.3 Å². The molecule has 0 aromatic heterocycles. The second kappa shape index (κ2) is 12.2. The average molecular weight is 356 g/mol. The van der Waals surface area contributed by atoms with Crippen LogP contribution in [0.15, 0.2) is 30.3 Å². The minimum atomic E-state index is 0. The molecule has 0 unspecified atom stereocenters. The monoisotopic (exact) mass is 355 g/mol. The van der Waals surface area contributed by atoms with Gasteiger partial charge in [-0.2, -0.15) is 0 Å². The Morgan fingerprint density at radius 2 is 1.38 bits per heavy atom. The fraction of sp³-hybridized carbons (Fsp3) is 0.684. The van der Waals surface area contributed by atoms with Gasteiger partial charge in [-0.15, -0.1) is 0 Å². The Morgan fingerprint density at radius 3 is 1.95 bits per heavy atom. The highest BCUT2D eigenvalue weighted by Crippen LogP contribution is 2.14. The maximum absolute atomic E-state index is 2.37. The van der Waals surface area contributed by atoms with Crippen LogP contribution < -0.4 is 17.0 Å². The highest BCUT2D eigenvalue weighted by Gasteiger charge is 2.21. The van der Waals surface area contributed by atoms with Crippen LogP contribution in [0.4, 0.5) is 0 Å². The molecular weight excluding hydrogens is 322 g/mol. The van der Waals surface area contributed by atoms with Gasteiger partial charge in [-0.1, -0.05) is 50.1 Å². The third kappa shape index (κ3) is 8.01. The summed E-state index contributed by atoms with van der Waals surface area (Å²) < 4.78 is 1.32. The van der Waals surface area contributed by atoms with Crippen molar-refractivity contribution in [1.29, 1.82) is 0 Å². The van der Waals surface area contributed by atoms with E-state index in [-0.39, 0.29) is 17.0 Å². The quantitative estimate of drug-likeness (QED) is 0.421. The van der Waals surface area contributed by atoms with E-state index < -0.39 is 0 Å². The van der Waals surface area contributed by atoms with Crippen molar-refractivity contribution in [3.05, 3.63) is 35.9 Å². The van der Waals surface area contributed by atoms with Gasteiger partial charge >= 0.3 is 0 Å². The first-order chi connectivity index (χ1) is 9.76. The number of hydrogen-bond donors (Lipinski definition) is 0. The fourth-order valence-electron chi connectivity index (χ4n) is 3.11. The van der Waals surface area contributed by atoms with Crippen molar-refractivity contribution in [2.75, 3.05) is 26.2 Å². The molecule has 0 aliphatic carbocycles. The van der Waals surface area contributed by atoms with Crippen LogP contribution in [0.25, 0.3) is 0 Å². The van der Waals surface area contributed by atoms with Crippen LogP contribution >= 0.6 is 0 Å². The predicted octanol–water partition coefficient (Wildman–Crippen LogP) is 2.06. The molecule has 122 valence electrons. The molecule has 0 aliphatic heterocycles. The molecule has 0 bridgehead atoms. The molecular formula is C19H34BrN. The molecule has 0 spiro atoms. The van der Waals surface area contributed by atoms with E-state index in [1.54, 1.807) is 0 Å². The van der Waals surface area contributed by atoms with Crippen molar-refractivity contribution < 1.29 is 21.5 Å². The first-order valence-electron chi connectivity index (χ1n) is 8.65. The number of rotatable bonds is 11. The molecule has 0 radical (unpaired) electrons. The van der Waals surface area contributed by atoms with Gasteiger partial charge in [0.25, 0.3) is 0 Å². The lowest BCUT2D eigenvalue weighted by Gasteiger charge is -2.37. The molecule has 21 heavy (non-hydrogen) atoms. The Morgan fingerprint density at radius 1 is 0.762 bits per heavy atom. The Hall–Kier alpha value is -0.340. The number of benzene rings is 1. The van der Waals surface area contributed by atoms with E-state index in [0.29, 0.717) is 0 Å². The van der Waals surface area contributed by atoms with Crippen molar-refractivity contribution in [3.63, 3.8) is 0 Å². The highest BCUT2D eigenvalue weighted by molar-refractivity contribution is 5.14. The van der Waals surface area contributed by atoms with E-state index in [0.717, 1.165) is 0 Å². The van der Waals surface area contributed by atoms with E-state index in [4.69, 9.17) is 0 Å². The third-order valence-electron chi connectivity index (χ3n) is 4.77. The molecule has 1 aromatic rings. The topological polar surface area (TPSA) is 0 Å². The first-order valence-corrected chi connectivity index (χ1v) is 8.65. The molecule has 0 saturated carbocycles. The molecule has 0 atom stereocenters. The summed E-state index contributed by atoms with van der Waals surface area (Å²) in [6, 6.07) is 10.9. The fourth-order valence-corrected chi connectivity index (χ4v) is 3.11. The van der Waals surface area contributed by atoms with Gasteiger partial charge < -0.3 is 21.5 Å². The van der Waals surface area contributed by atoms with Crippen LogP contribution in [0.1, 0.15) is 58.4 Å². The van der Waals surface area contributed by atoms with Crippen molar-refractivity contribution >= 4 is 0 Å². The average Bonchev–Trinajstić information content (AvgIpc) is 2.51. The Bertz CT molecular complexity index is 333. The van der Waals surface area contributed by atoms with E-state index in [9.17, 15) is 0 Å². The van der Waals surface area contributed by atoms with Gasteiger partial charge in [0.2, 0.25) is 0 Å². The largest absolute Gasteiger partial charge is 1.00 e. The molecule has 0 saturated heterocycles. The van der Waals surface area contributed by atoms with Crippen molar-refractivity contribution in [1.82, 2.24) is 0 Å². The first kappa shape index (κ1) is 20.7. The lowest BCUT2D eigenvalue weighted by atomic mass is 10.1. The molecule has 0 amide bonds. The van der Waals surface area contributed by atoms with Gasteiger partial charge in [0.05, 0.1) is 26.2 Å². The molecule has 0 aliphatic rings. The standard InChI is InChI=1S/C19H34N.BrH/c1-4-7-8-12-17-20(5-2,6-3)18-13-16-19-14-10-9-11-15-19;/h9-11,14-15H,4-8,12-13,16-18H2,1-3H3;1H/q+1;/p-1. The van der Waals surface area contributed by atoms with Gasteiger partial charge in [-0.05, 0) is 38.7 Å². The summed E-state index contributed by atoms with van der Waals surface area (Å²) in [6.07, 6.45) is 8.11. The van der Waals surface area contributed by atoms with E-state index in [1.807, 2.05) is 0 Å². The smallest absolute Gasteiger partial charge is 0.0789 e. The highest BCUT2D eigenvalue weighted by atomic mass is 79.9. The molecule has 2 heteroatoms. The van der Waals surface area contributed by atoms with Crippen LogP contribution in [0.5, 0.6) is 0 Å². The zero-order valence-electron chi connectivity index (χ0n) is 14.3. The summed E-state index contributed by atoms with van der Waals surface area (Å²) in [5, 5.41) is 0. The van der Waals surface area contributed by atoms with Crippen LogP contribution in [0.2, 0.25) is 0 Å². The maximum atomic E-state index is 2.37.